The van der Waals surface area contributed by atoms with Gasteiger partial charge in [0.25, 0.3) is 0 Å². The molecule has 0 radical (unpaired) electrons. The minimum Gasteiger partial charge on any atom is -0.376 e. The molecule has 0 bridgehead atoms. The highest BCUT2D eigenvalue weighted by Gasteiger charge is 2.45. The van der Waals surface area contributed by atoms with E-state index in [1.807, 2.05) is 18.4 Å². The van der Waals surface area contributed by atoms with Crippen LogP contribution < -0.4 is 5.32 Å². The van der Waals surface area contributed by atoms with Gasteiger partial charge in [0.1, 0.15) is 0 Å². The molecule has 1 fully saturated rings. The highest BCUT2D eigenvalue weighted by Crippen LogP contribution is 2.46. The van der Waals surface area contributed by atoms with E-state index in [4.69, 9.17) is 4.74 Å². The van der Waals surface area contributed by atoms with Crippen molar-refractivity contribution in [1.29, 1.82) is 0 Å². The van der Waals surface area contributed by atoms with Crippen molar-refractivity contribution in [2.45, 2.75) is 51.2 Å². The van der Waals surface area contributed by atoms with Gasteiger partial charge in [0.15, 0.2) is 0 Å². The quantitative estimate of drug-likeness (QED) is 0.835. The zero-order valence-electron chi connectivity index (χ0n) is 11.1. The maximum Gasteiger partial charge on any atom is 0.0872 e. The first kappa shape index (κ1) is 13.1. The molecule has 1 heterocycles. The molecule has 2 nitrogen and oxygen atoms in total. The molecule has 0 amide bonds. The van der Waals surface area contributed by atoms with Crippen LogP contribution in [0.4, 0.5) is 0 Å². The predicted molar refractivity (Wildman–Crippen MR) is 73.7 cm³/mol. The third kappa shape index (κ3) is 2.42. The largest absolute Gasteiger partial charge is 0.376 e. The number of hydrogen-bond acceptors (Lipinski definition) is 3. The van der Waals surface area contributed by atoms with Gasteiger partial charge >= 0.3 is 0 Å². The molecule has 17 heavy (non-hydrogen) atoms. The van der Waals surface area contributed by atoms with Gasteiger partial charge in [-0.1, -0.05) is 6.92 Å². The number of methoxy groups -OCH3 is 1. The Balaban J connectivity index is 2.21. The Labute approximate surface area is 108 Å². The first-order valence-corrected chi connectivity index (χ1v) is 7.44. The second-order valence-corrected chi connectivity index (χ2v) is 6.06. The standard InChI is InChI=1S/C14H23NOS/c1-4-9-15-13(12-6-10-17-11(12)2)14(16-3)7-5-8-14/h6,10,13,15H,4-5,7-9H2,1-3H3. The molecule has 1 aliphatic carbocycles. The topological polar surface area (TPSA) is 21.3 Å². The van der Waals surface area contributed by atoms with E-state index < -0.39 is 0 Å². The van der Waals surface area contributed by atoms with Crippen LogP contribution in [0.1, 0.15) is 49.1 Å². The molecule has 1 atom stereocenters. The lowest BCUT2D eigenvalue weighted by Crippen LogP contribution is -2.50. The molecule has 1 unspecified atom stereocenters. The van der Waals surface area contributed by atoms with Gasteiger partial charge in [-0.25, -0.2) is 0 Å². The van der Waals surface area contributed by atoms with E-state index in [0.29, 0.717) is 6.04 Å². The number of ether oxygens (including phenoxy) is 1. The molecule has 1 aromatic rings. The van der Waals surface area contributed by atoms with Gasteiger partial charge in [0, 0.05) is 12.0 Å². The first-order chi connectivity index (χ1) is 8.23. The second kappa shape index (κ2) is 5.51. The SMILES string of the molecule is CCCNC(c1ccsc1C)C1(OC)CCC1. The van der Waals surface area contributed by atoms with Crippen molar-refractivity contribution in [3.05, 3.63) is 21.9 Å². The van der Waals surface area contributed by atoms with Gasteiger partial charge in [-0.2, -0.15) is 0 Å². The van der Waals surface area contributed by atoms with E-state index in [-0.39, 0.29) is 5.60 Å². The molecule has 96 valence electrons. The summed E-state index contributed by atoms with van der Waals surface area (Å²) in [5.41, 5.74) is 1.48. The van der Waals surface area contributed by atoms with Gasteiger partial charge in [-0.05, 0) is 56.2 Å². The number of aryl methyl sites for hydroxylation is 1. The third-order valence-corrected chi connectivity index (χ3v) is 4.80. The van der Waals surface area contributed by atoms with Gasteiger partial charge in [-0.15, -0.1) is 11.3 Å². The highest BCUT2D eigenvalue weighted by atomic mass is 32.1. The number of thiophene rings is 1. The Morgan fingerprint density at radius 1 is 1.53 bits per heavy atom. The van der Waals surface area contributed by atoms with Crippen molar-refractivity contribution in [1.82, 2.24) is 5.32 Å². The Kier molecular flexibility index (Phi) is 4.23. The molecule has 0 spiro atoms. The molecule has 1 N–H and O–H groups in total. The molecular weight excluding hydrogens is 230 g/mol. The summed E-state index contributed by atoms with van der Waals surface area (Å²) in [6.07, 6.45) is 4.82. The van der Waals surface area contributed by atoms with Crippen LogP contribution in [0.15, 0.2) is 11.4 Å². The summed E-state index contributed by atoms with van der Waals surface area (Å²) in [5.74, 6) is 0. The highest BCUT2D eigenvalue weighted by molar-refractivity contribution is 7.10. The summed E-state index contributed by atoms with van der Waals surface area (Å²) in [4.78, 5) is 1.42. The summed E-state index contributed by atoms with van der Waals surface area (Å²) < 4.78 is 5.85. The Hall–Kier alpha value is -0.380. The predicted octanol–water partition coefficient (Wildman–Crippen LogP) is 3.67. The summed E-state index contributed by atoms with van der Waals surface area (Å²) in [6.45, 7) is 5.48. The zero-order chi connectivity index (χ0) is 12.3. The molecule has 2 rings (SSSR count). The van der Waals surface area contributed by atoms with Crippen molar-refractivity contribution in [3.63, 3.8) is 0 Å². The maximum atomic E-state index is 5.85. The molecule has 0 aromatic carbocycles. The molecule has 3 heteroatoms. The van der Waals surface area contributed by atoms with E-state index in [1.165, 1.54) is 36.1 Å². The van der Waals surface area contributed by atoms with Crippen molar-refractivity contribution in [2.24, 2.45) is 0 Å². The minimum absolute atomic E-state index is 0.0427. The van der Waals surface area contributed by atoms with E-state index in [9.17, 15) is 0 Å². The van der Waals surface area contributed by atoms with Crippen LogP contribution in [-0.4, -0.2) is 19.3 Å². The fraction of sp³-hybridized carbons (Fsp3) is 0.714. The molecule has 0 aliphatic heterocycles. The minimum atomic E-state index is 0.0427. The van der Waals surface area contributed by atoms with Gasteiger partial charge in [0.2, 0.25) is 0 Å². The lowest BCUT2D eigenvalue weighted by molar-refractivity contribution is -0.0997. The summed E-state index contributed by atoms with van der Waals surface area (Å²) in [6, 6.07) is 2.62. The number of rotatable bonds is 6. The van der Waals surface area contributed by atoms with Crippen LogP contribution in [0, 0.1) is 6.92 Å². The van der Waals surface area contributed by atoms with E-state index in [1.54, 1.807) is 0 Å². The molecule has 1 saturated carbocycles. The first-order valence-electron chi connectivity index (χ1n) is 6.56. The van der Waals surface area contributed by atoms with Crippen LogP contribution in [0.25, 0.3) is 0 Å². The Bertz CT molecular complexity index is 351. The van der Waals surface area contributed by atoms with Gasteiger partial charge in [0.05, 0.1) is 11.6 Å². The van der Waals surface area contributed by atoms with Crippen LogP contribution in [0.5, 0.6) is 0 Å². The molecule has 1 aliphatic rings. The second-order valence-electron chi connectivity index (χ2n) is 4.94. The zero-order valence-corrected chi connectivity index (χ0v) is 11.9. The van der Waals surface area contributed by atoms with E-state index in [2.05, 4.69) is 30.6 Å². The lowest BCUT2D eigenvalue weighted by atomic mass is 9.72. The summed E-state index contributed by atoms with van der Waals surface area (Å²) >= 11 is 1.83. The third-order valence-electron chi connectivity index (χ3n) is 3.94. The average molecular weight is 253 g/mol. The van der Waals surface area contributed by atoms with E-state index in [0.717, 1.165) is 6.54 Å². The van der Waals surface area contributed by atoms with Crippen molar-refractivity contribution in [3.8, 4) is 0 Å². The van der Waals surface area contributed by atoms with Crippen LogP contribution >= 0.6 is 11.3 Å². The van der Waals surface area contributed by atoms with Crippen LogP contribution in [0.2, 0.25) is 0 Å². The Morgan fingerprint density at radius 2 is 2.29 bits per heavy atom. The van der Waals surface area contributed by atoms with Crippen molar-refractivity contribution in [2.75, 3.05) is 13.7 Å². The monoisotopic (exact) mass is 253 g/mol. The Morgan fingerprint density at radius 3 is 2.71 bits per heavy atom. The summed E-state index contributed by atoms with van der Waals surface area (Å²) in [5, 5.41) is 5.88. The van der Waals surface area contributed by atoms with Crippen LogP contribution in [-0.2, 0) is 4.74 Å². The molecule has 0 saturated heterocycles. The smallest absolute Gasteiger partial charge is 0.0872 e. The maximum absolute atomic E-state index is 5.85. The number of hydrogen-bond donors (Lipinski definition) is 1. The van der Waals surface area contributed by atoms with Crippen LogP contribution in [0.3, 0.4) is 0 Å². The van der Waals surface area contributed by atoms with E-state index >= 15 is 0 Å². The normalized spacial score (nSPS) is 19.9. The van der Waals surface area contributed by atoms with Crippen molar-refractivity contribution >= 4 is 11.3 Å². The lowest BCUT2D eigenvalue weighted by Gasteiger charge is -2.47. The number of nitrogens with one attached hydrogen (secondary N) is 1. The fourth-order valence-corrected chi connectivity index (χ4v) is 3.44. The fourth-order valence-electron chi connectivity index (χ4n) is 2.70. The van der Waals surface area contributed by atoms with Gasteiger partial charge < -0.3 is 10.1 Å². The summed E-state index contributed by atoms with van der Waals surface area (Å²) in [7, 11) is 1.86. The molecular formula is C14H23NOS. The van der Waals surface area contributed by atoms with Crippen molar-refractivity contribution < 1.29 is 4.74 Å². The molecule has 1 aromatic heterocycles. The average Bonchev–Trinajstić information content (AvgIpc) is 2.68. The van der Waals surface area contributed by atoms with Gasteiger partial charge in [-0.3, -0.25) is 0 Å².